The Morgan fingerprint density at radius 3 is 2.93 bits per heavy atom. The fourth-order valence-corrected chi connectivity index (χ4v) is 2.65. The summed E-state index contributed by atoms with van der Waals surface area (Å²) < 4.78 is 0. The third-order valence-electron chi connectivity index (χ3n) is 2.45. The van der Waals surface area contributed by atoms with Crippen molar-refractivity contribution in [1.82, 2.24) is 9.88 Å². The zero-order chi connectivity index (χ0) is 11.3. The van der Waals surface area contributed by atoms with Gasteiger partial charge in [0.2, 0.25) is 0 Å². The van der Waals surface area contributed by atoms with Crippen LogP contribution >= 0.6 is 23.1 Å². The van der Waals surface area contributed by atoms with Crippen molar-refractivity contribution in [2.75, 3.05) is 31.3 Å². The van der Waals surface area contributed by atoms with Gasteiger partial charge in [-0.25, -0.2) is 4.98 Å². The third-order valence-corrected chi connectivity index (χ3v) is 3.99. The Balaban J connectivity index is 2.30. The van der Waals surface area contributed by atoms with Gasteiger partial charge in [-0.3, -0.25) is 0 Å². The molecule has 1 rings (SSSR count). The van der Waals surface area contributed by atoms with Gasteiger partial charge in [-0.2, -0.15) is 11.8 Å². The highest BCUT2D eigenvalue weighted by Crippen LogP contribution is 2.12. The van der Waals surface area contributed by atoms with Crippen LogP contribution in [0.15, 0.2) is 5.38 Å². The molecule has 86 valence electrons. The predicted molar refractivity (Wildman–Crippen MR) is 70.7 cm³/mol. The lowest BCUT2D eigenvalue weighted by molar-refractivity contribution is 0.281. The molecule has 0 aliphatic heterocycles. The summed E-state index contributed by atoms with van der Waals surface area (Å²) in [5, 5.41) is 2.72. The number of aromatic nitrogens is 1. The van der Waals surface area contributed by atoms with Crippen LogP contribution in [-0.2, 0) is 6.42 Å². The topological polar surface area (TPSA) is 42.1 Å². The highest BCUT2D eigenvalue weighted by Gasteiger charge is 2.08. The van der Waals surface area contributed by atoms with Gasteiger partial charge in [0.1, 0.15) is 0 Å². The van der Waals surface area contributed by atoms with Gasteiger partial charge in [-0.05, 0) is 20.2 Å². The molecular formula is C10H19N3S2. The Morgan fingerprint density at radius 2 is 2.40 bits per heavy atom. The molecule has 5 heteroatoms. The summed E-state index contributed by atoms with van der Waals surface area (Å²) in [7, 11) is 2.16. The quantitative estimate of drug-likeness (QED) is 0.832. The lowest BCUT2D eigenvalue weighted by Gasteiger charge is -2.23. The number of hydrogen-bond acceptors (Lipinski definition) is 5. The van der Waals surface area contributed by atoms with Crippen molar-refractivity contribution in [3.8, 4) is 0 Å². The van der Waals surface area contributed by atoms with Crippen LogP contribution in [0.25, 0.3) is 0 Å². The van der Waals surface area contributed by atoms with Crippen molar-refractivity contribution in [2.24, 2.45) is 0 Å². The normalized spacial score (nSPS) is 13.3. The molecule has 1 unspecified atom stereocenters. The minimum absolute atomic E-state index is 0.621. The van der Waals surface area contributed by atoms with E-state index in [1.54, 1.807) is 0 Å². The minimum Gasteiger partial charge on any atom is -0.375 e. The molecule has 0 radical (unpaired) electrons. The van der Waals surface area contributed by atoms with Gasteiger partial charge < -0.3 is 10.6 Å². The molecule has 0 saturated carbocycles. The van der Waals surface area contributed by atoms with E-state index < -0.39 is 0 Å². The number of hydrogen-bond donors (Lipinski definition) is 1. The first-order valence-electron chi connectivity index (χ1n) is 5.02. The number of nitrogen functional groups attached to an aromatic ring is 1. The van der Waals surface area contributed by atoms with Gasteiger partial charge in [0.15, 0.2) is 5.13 Å². The van der Waals surface area contributed by atoms with Crippen LogP contribution in [0.1, 0.15) is 12.6 Å². The molecular weight excluding hydrogens is 226 g/mol. The van der Waals surface area contributed by atoms with Gasteiger partial charge in [0.05, 0.1) is 5.69 Å². The number of thioether (sulfide) groups is 1. The molecule has 0 aromatic carbocycles. The number of thiazole rings is 1. The average Bonchev–Trinajstić information content (AvgIpc) is 2.61. The third kappa shape index (κ3) is 4.40. The van der Waals surface area contributed by atoms with Crippen LogP contribution in [-0.4, -0.2) is 41.5 Å². The van der Waals surface area contributed by atoms with Crippen molar-refractivity contribution < 1.29 is 0 Å². The van der Waals surface area contributed by atoms with E-state index in [4.69, 9.17) is 5.73 Å². The maximum Gasteiger partial charge on any atom is 0.180 e. The lowest BCUT2D eigenvalue weighted by atomic mass is 10.3. The van der Waals surface area contributed by atoms with Crippen LogP contribution in [0.2, 0.25) is 0 Å². The molecule has 0 amide bonds. The highest BCUT2D eigenvalue weighted by molar-refractivity contribution is 7.98. The molecule has 1 atom stereocenters. The zero-order valence-electron chi connectivity index (χ0n) is 9.56. The minimum atomic E-state index is 0.621. The second-order valence-corrected chi connectivity index (χ2v) is 5.51. The van der Waals surface area contributed by atoms with Gasteiger partial charge in [-0.15, -0.1) is 11.3 Å². The fraction of sp³-hybridized carbons (Fsp3) is 0.700. The summed E-state index contributed by atoms with van der Waals surface area (Å²) >= 11 is 3.41. The molecule has 2 N–H and O–H groups in total. The Hall–Kier alpha value is -0.260. The Bertz CT molecular complexity index is 288. The summed E-state index contributed by atoms with van der Waals surface area (Å²) in [4.78, 5) is 6.62. The first kappa shape index (κ1) is 12.8. The van der Waals surface area contributed by atoms with Crippen LogP contribution in [0, 0.1) is 0 Å². The van der Waals surface area contributed by atoms with Crippen molar-refractivity contribution in [3.63, 3.8) is 0 Å². The number of nitrogens with two attached hydrogens (primary N) is 1. The molecule has 1 aromatic heterocycles. The van der Waals surface area contributed by atoms with Crippen LogP contribution < -0.4 is 5.73 Å². The van der Waals surface area contributed by atoms with E-state index in [2.05, 4.69) is 30.1 Å². The standard InChI is InChI=1S/C10H19N3S2/c1-8(6-14-3)13(2)5-4-9-7-15-10(11)12-9/h7-8H,4-6H2,1-3H3,(H2,11,12). The maximum absolute atomic E-state index is 5.58. The second-order valence-electron chi connectivity index (χ2n) is 3.71. The smallest absolute Gasteiger partial charge is 0.180 e. The molecule has 0 aliphatic carbocycles. The van der Waals surface area contributed by atoms with Crippen LogP contribution in [0.5, 0.6) is 0 Å². The first-order chi connectivity index (χ1) is 7.13. The Morgan fingerprint density at radius 1 is 1.67 bits per heavy atom. The zero-order valence-corrected chi connectivity index (χ0v) is 11.2. The SMILES string of the molecule is CSCC(C)N(C)CCc1csc(N)n1. The number of anilines is 1. The van der Waals surface area contributed by atoms with E-state index >= 15 is 0 Å². The van der Waals surface area contributed by atoms with Gasteiger partial charge >= 0.3 is 0 Å². The van der Waals surface area contributed by atoms with Crippen molar-refractivity contribution in [3.05, 3.63) is 11.1 Å². The van der Waals surface area contributed by atoms with E-state index in [0.29, 0.717) is 11.2 Å². The average molecular weight is 245 g/mol. The molecule has 0 aliphatic rings. The van der Waals surface area contributed by atoms with E-state index in [1.807, 2.05) is 17.1 Å². The number of rotatable bonds is 6. The van der Waals surface area contributed by atoms with Gasteiger partial charge in [-0.1, -0.05) is 0 Å². The van der Waals surface area contributed by atoms with Crippen LogP contribution in [0.3, 0.4) is 0 Å². The molecule has 1 heterocycles. The molecule has 15 heavy (non-hydrogen) atoms. The fourth-order valence-electron chi connectivity index (χ4n) is 1.32. The second kappa shape index (κ2) is 6.35. The van der Waals surface area contributed by atoms with Crippen molar-refractivity contribution in [1.29, 1.82) is 0 Å². The van der Waals surface area contributed by atoms with Crippen LogP contribution in [0.4, 0.5) is 5.13 Å². The Labute approximate surface area is 100 Å². The molecule has 0 spiro atoms. The van der Waals surface area contributed by atoms with E-state index in [9.17, 15) is 0 Å². The van der Waals surface area contributed by atoms with E-state index in [0.717, 1.165) is 18.7 Å². The summed E-state index contributed by atoms with van der Waals surface area (Å²) in [6, 6.07) is 0.621. The first-order valence-corrected chi connectivity index (χ1v) is 7.30. The number of likely N-dealkylation sites (N-methyl/N-ethyl adjacent to an activating group) is 1. The van der Waals surface area contributed by atoms with Crippen molar-refractivity contribution in [2.45, 2.75) is 19.4 Å². The molecule has 0 fully saturated rings. The largest absolute Gasteiger partial charge is 0.375 e. The highest BCUT2D eigenvalue weighted by atomic mass is 32.2. The van der Waals surface area contributed by atoms with Gasteiger partial charge in [0.25, 0.3) is 0 Å². The summed E-state index contributed by atoms with van der Waals surface area (Å²) in [5.74, 6) is 1.18. The Kier molecular flexibility index (Phi) is 5.42. The predicted octanol–water partition coefficient (Wildman–Crippen LogP) is 1.95. The summed E-state index contributed by atoms with van der Waals surface area (Å²) in [6.07, 6.45) is 3.13. The number of nitrogens with zero attached hydrogens (tertiary/aromatic N) is 2. The molecule has 0 bridgehead atoms. The van der Waals surface area contributed by atoms with Crippen molar-refractivity contribution >= 4 is 28.2 Å². The summed E-state index contributed by atoms with van der Waals surface area (Å²) in [5.41, 5.74) is 6.69. The molecule has 1 aromatic rings. The molecule has 3 nitrogen and oxygen atoms in total. The van der Waals surface area contributed by atoms with Gasteiger partial charge in [0, 0.05) is 30.1 Å². The molecule has 0 saturated heterocycles. The lowest BCUT2D eigenvalue weighted by Crippen LogP contribution is -2.32. The monoisotopic (exact) mass is 245 g/mol. The van der Waals surface area contributed by atoms with E-state index in [-0.39, 0.29) is 0 Å². The van der Waals surface area contributed by atoms with E-state index in [1.165, 1.54) is 17.1 Å². The summed E-state index contributed by atoms with van der Waals surface area (Å²) in [6.45, 7) is 3.30. The maximum atomic E-state index is 5.58.